The Bertz CT molecular complexity index is 478. The standard InChI is InChI=1S/C8H7N3O5/c9-10-5(4-15-8(10)12)3-6-1-2-7(16-6)11(13)14/h1-3H,4,9H2. The first-order valence-electron chi connectivity index (χ1n) is 4.24. The summed E-state index contributed by atoms with van der Waals surface area (Å²) >= 11 is 0. The van der Waals surface area contributed by atoms with Crippen LogP contribution >= 0.6 is 0 Å². The second-order valence-corrected chi connectivity index (χ2v) is 2.99. The quantitative estimate of drug-likeness (QED) is 0.345. The van der Waals surface area contributed by atoms with Crippen LogP contribution in [0.25, 0.3) is 6.08 Å². The maximum absolute atomic E-state index is 10.9. The van der Waals surface area contributed by atoms with Gasteiger partial charge in [0.15, 0.2) is 0 Å². The number of nitrogens with zero attached hydrogens (tertiary/aromatic N) is 2. The molecular weight excluding hydrogens is 218 g/mol. The van der Waals surface area contributed by atoms with Crippen LogP contribution in [0, 0.1) is 10.1 Å². The summed E-state index contributed by atoms with van der Waals surface area (Å²) in [5.74, 6) is 5.21. The summed E-state index contributed by atoms with van der Waals surface area (Å²) in [6.07, 6.45) is 0.727. The van der Waals surface area contributed by atoms with E-state index in [2.05, 4.69) is 4.74 Å². The van der Waals surface area contributed by atoms with Gasteiger partial charge >= 0.3 is 12.0 Å². The first-order valence-corrected chi connectivity index (χ1v) is 4.24. The molecule has 0 saturated carbocycles. The van der Waals surface area contributed by atoms with Crippen molar-refractivity contribution in [3.63, 3.8) is 0 Å². The van der Waals surface area contributed by atoms with E-state index in [-0.39, 0.29) is 18.3 Å². The largest absolute Gasteiger partial charge is 0.442 e. The third-order valence-corrected chi connectivity index (χ3v) is 1.95. The molecule has 0 bridgehead atoms. The van der Waals surface area contributed by atoms with Crippen LogP contribution in [0.1, 0.15) is 5.76 Å². The van der Waals surface area contributed by atoms with Gasteiger partial charge in [-0.25, -0.2) is 15.6 Å². The van der Waals surface area contributed by atoms with E-state index < -0.39 is 11.0 Å². The van der Waals surface area contributed by atoms with E-state index in [4.69, 9.17) is 10.3 Å². The molecular formula is C8H7N3O5. The minimum atomic E-state index is -0.674. The highest BCUT2D eigenvalue weighted by molar-refractivity contribution is 5.74. The van der Waals surface area contributed by atoms with Crippen LogP contribution < -0.4 is 5.84 Å². The summed E-state index contributed by atoms with van der Waals surface area (Å²) in [5, 5.41) is 11.2. The van der Waals surface area contributed by atoms with Gasteiger partial charge in [0.05, 0.1) is 11.8 Å². The van der Waals surface area contributed by atoms with Crippen LogP contribution in [0.15, 0.2) is 22.2 Å². The number of ether oxygens (including phenoxy) is 1. The topological polar surface area (TPSA) is 112 Å². The van der Waals surface area contributed by atoms with Crippen molar-refractivity contribution in [2.24, 2.45) is 5.84 Å². The number of carbonyl (C=O) groups excluding carboxylic acids is 1. The molecule has 1 amide bonds. The Morgan fingerprint density at radius 1 is 1.56 bits per heavy atom. The lowest BCUT2D eigenvalue weighted by Crippen LogP contribution is -2.29. The summed E-state index contributed by atoms with van der Waals surface area (Å²) in [4.78, 5) is 20.6. The van der Waals surface area contributed by atoms with Gasteiger partial charge in [-0.1, -0.05) is 0 Å². The van der Waals surface area contributed by atoms with Gasteiger partial charge in [-0.15, -0.1) is 0 Å². The van der Waals surface area contributed by atoms with Crippen molar-refractivity contribution in [1.29, 1.82) is 0 Å². The molecule has 0 aliphatic carbocycles. The lowest BCUT2D eigenvalue weighted by atomic mass is 10.3. The molecule has 0 spiro atoms. The smallest absolute Gasteiger partial charge is 0.433 e. The highest BCUT2D eigenvalue weighted by atomic mass is 16.6. The SMILES string of the molecule is NN1C(=O)OCC1=Cc1ccc([N+](=O)[O-])o1. The summed E-state index contributed by atoms with van der Waals surface area (Å²) in [6, 6.07) is 2.62. The van der Waals surface area contributed by atoms with E-state index in [0.29, 0.717) is 5.70 Å². The predicted octanol–water partition coefficient (Wildman–Crippen LogP) is 0.855. The Kier molecular flexibility index (Phi) is 2.33. The van der Waals surface area contributed by atoms with Crippen molar-refractivity contribution in [1.82, 2.24) is 5.01 Å². The molecule has 1 aromatic heterocycles. The second-order valence-electron chi connectivity index (χ2n) is 2.99. The number of cyclic esters (lactones) is 1. The molecule has 0 aromatic carbocycles. The molecule has 2 N–H and O–H groups in total. The summed E-state index contributed by atoms with van der Waals surface area (Å²) < 4.78 is 9.49. The zero-order valence-corrected chi connectivity index (χ0v) is 7.95. The van der Waals surface area contributed by atoms with Crippen LogP contribution in [0.2, 0.25) is 0 Å². The number of furan rings is 1. The number of carbonyl (C=O) groups is 1. The van der Waals surface area contributed by atoms with Gasteiger partial charge in [-0.05, 0) is 6.07 Å². The Labute approximate surface area is 89.0 Å². The molecule has 1 saturated heterocycles. The lowest BCUT2D eigenvalue weighted by molar-refractivity contribution is -0.402. The first kappa shape index (κ1) is 10.2. The molecule has 2 heterocycles. The average molecular weight is 225 g/mol. The molecule has 1 aliphatic rings. The zero-order chi connectivity index (χ0) is 11.7. The normalized spacial score (nSPS) is 17.9. The second kappa shape index (κ2) is 3.66. The fourth-order valence-electron chi connectivity index (χ4n) is 1.19. The molecule has 1 aromatic rings. The molecule has 8 nitrogen and oxygen atoms in total. The molecule has 2 rings (SSSR count). The fraction of sp³-hybridized carbons (Fsp3) is 0.125. The number of hydrazine groups is 1. The van der Waals surface area contributed by atoms with Gasteiger partial charge in [-0.2, -0.15) is 0 Å². The summed E-state index contributed by atoms with van der Waals surface area (Å²) in [7, 11) is 0. The number of nitrogens with two attached hydrogens (primary N) is 1. The van der Waals surface area contributed by atoms with Gasteiger partial charge in [0.2, 0.25) is 0 Å². The highest BCUT2D eigenvalue weighted by Gasteiger charge is 2.25. The number of hydrogen-bond donors (Lipinski definition) is 1. The predicted molar refractivity (Wildman–Crippen MR) is 50.7 cm³/mol. The monoisotopic (exact) mass is 225 g/mol. The van der Waals surface area contributed by atoms with Crippen molar-refractivity contribution in [2.45, 2.75) is 0 Å². The van der Waals surface area contributed by atoms with Gasteiger partial charge in [0.25, 0.3) is 0 Å². The first-order chi connectivity index (χ1) is 7.58. The van der Waals surface area contributed by atoms with E-state index in [1.807, 2.05) is 0 Å². The van der Waals surface area contributed by atoms with Gasteiger partial charge in [0.1, 0.15) is 17.3 Å². The molecule has 0 radical (unpaired) electrons. The molecule has 16 heavy (non-hydrogen) atoms. The molecule has 0 atom stereocenters. The van der Waals surface area contributed by atoms with Crippen molar-refractivity contribution in [3.05, 3.63) is 33.7 Å². The van der Waals surface area contributed by atoms with Crippen molar-refractivity contribution >= 4 is 18.1 Å². The Hall–Kier alpha value is -2.35. The molecule has 84 valence electrons. The average Bonchev–Trinajstić information content (AvgIpc) is 2.81. The number of nitro groups is 1. The van der Waals surface area contributed by atoms with Crippen molar-refractivity contribution < 1.29 is 18.9 Å². The van der Waals surface area contributed by atoms with Crippen LogP contribution in [-0.2, 0) is 4.74 Å². The van der Waals surface area contributed by atoms with E-state index in [9.17, 15) is 14.9 Å². The minimum absolute atomic E-state index is 0.0177. The van der Waals surface area contributed by atoms with Crippen LogP contribution in [0.3, 0.4) is 0 Å². The Balaban J connectivity index is 2.23. The number of amides is 1. The van der Waals surface area contributed by atoms with E-state index >= 15 is 0 Å². The van der Waals surface area contributed by atoms with Gasteiger partial charge in [0, 0.05) is 6.08 Å². The van der Waals surface area contributed by atoms with Crippen LogP contribution in [0.4, 0.5) is 10.7 Å². The fourth-order valence-corrected chi connectivity index (χ4v) is 1.19. The Morgan fingerprint density at radius 2 is 2.31 bits per heavy atom. The van der Waals surface area contributed by atoms with Crippen LogP contribution in [-0.4, -0.2) is 22.6 Å². The van der Waals surface area contributed by atoms with Crippen molar-refractivity contribution in [2.75, 3.05) is 6.61 Å². The molecule has 8 heteroatoms. The number of hydrogen-bond acceptors (Lipinski definition) is 6. The molecule has 1 aliphatic heterocycles. The minimum Gasteiger partial charge on any atom is -0.442 e. The zero-order valence-electron chi connectivity index (χ0n) is 7.95. The van der Waals surface area contributed by atoms with Crippen molar-refractivity contribution in [3.8, 4) is 0 Å². The third kappa shape index (κ3) is 1.73. The van der Waals surface area contributed by atoms with E-state index in [0.717, 1.165) is 5.01 Å². The van der Waals surface area contributed by atoms with E-state index in [1.54, 1.807) is 0 Å². The van der Waals surface area contributed by atoms with Gasteiger partial charge in [-0.3, -0.25) is 10.1 Å². The molecule has 0 unspecified atom stereocenters. The summed E-state index contributed by atoms with van der Waals surface area (Å²) in [5.41, 5.74) is 0.370. The summed E-state index contributed by atoms with van der Waals surface area (Å²) in [6.45, 7) is 0.0177. The van der Waals surface area contributed by atoms with Crippen LogP contribution in [0.5, 0.6) is 0 Å². The number of rotatable bonds is 2. The highest BCUT2D eigenvalue weighted by Crippen LogP contribution is 2.20. The van der Waals surface area contributed by atoms with Gasteiger partial charge < -0.3 is 9.15 Å². The molecule has 1 fully saturated rings. The Morgan fingerprint density at radius 3 is 2.81 bits per heavy atom. The maximum atomic E-state index is 10.9. The van der Waals surface area contributed by atoms with E-state index in [1.165, 1.54) is 18.2 Å². The maximum Gasteiger partial charge on any atom is 0.433 e. The lowest BCUT2D eigenvalue weighted by Gasteiger charge is -2.03. The third-order valence-electron chi connectivity index (χ3n) is 1.95.